The molecule has 0 N–H and O–H groups in total. The number of hydrogen-bond donors (Lipinski definition) is 0. The summed E-state index contributed by atoms with van der Waals surface area (Å²) in [5, 5.41) is 1.74. The summed E-state index contributed by atoms with van der Waals surface area (Å²) in [5.74, 6) is 0.223. The SMILES string of the molecule is Cc1ccc(C(C)(C)C(=O)N2CCN(C3=NCC(C)S3)CC2)cc1. The quantitative estimate of drug-likeness (QED) is 0.827. The zero-order chi connectivity index (χ0) is 17.3. The average Bonchev–Trinajstić information content (AvgIpc) is 3.01. The molecule has 0 radical (unpaired) electrons. The number of hydrogen-bond acceptors (Lipinski definition) is 4. The van der Waals surface area contributed by atoms with Gasteiger partial charge in [0.15, 0.2) is 5.17 Å². The van der Waals surface area contributed by atoms with E-state index in [9.17, 15) is 4.79 Å². The standard InChI is InChI=1S/C19H27N3OS/c1-14-5-7-16(8-6-14)19(3,4)17(23)21-9-11-22(12-10-21)18-20-13-15(2)24-18/h5-8,15H,9-13H2,1-4H3. The van der Waals surface area contributed by atoms with Crippen molar-refractivity contribution in [2.75, 3.05) is 32.7 Å². The molecule has 1 aromatic rings. The van der Waals surface area contributed by atoms with Gasteiger partial charge in [-0.3, -0.25) is 9.79 Å². The van der Waals surface area contributed by atoms with Crippen molar-refractivity contribution in [3.05, 3.63) is 35.4 Å². The van der Waals surface area contributed by atoms with Gasteiger partial charge >= 0.3 is 0 Å². The van der Waals surface area contributed by atoms with Crippen LogP contribution >= 0.6 is 11.8 Å². The predicted octanol–water partition coefficient (Wildman–Crippen LogP) is 2.91. The summed E-state index contributed by atoms with van der Waals surface area (Å²) in [6.07, 6.45) is 0. The summed E-state index contributed by atoms with van der Waals surface area (Å²) in [6, 6.07) is 8.32. The molecule has 3 rings (SSSR count). The van der Waals surface area contributed by atoms with E-state index in [0.29, 0.717) is 5.25 Å². The highest BCUT2D eigenvalue weighted by Gasteiger charge is 2.35. The first-order valence-electron chi connectivity index (χ1n) is 8.70. The third-order valence-corrected chi connectivity index (χ3v) is 6.09. The molecule has 0 spiro atoms. The lowest BCUT2D eigenvalue weighted by molar-refractivity contribution is -0.137. The van der Waals surface area contributed by atoms with Crippen molar-refractivity contribution < 1.29 is 4.79 Å². The summed E-state index contributed by atoms with van der Waals surface area (Å²) in [7, 11) is 0. The van der Waals surface area contributed by atoms with Gasteiger partial charge in [-0.25, -0.2) is 0 Å². The Morgan fingerprint density at radius 2 is 1.79 bits per heavy atom. The fourth-order valence-corrected chi connectivity index (χ4v) is 4.22. The van der Waals surface area contributed by atoms with Crippen LogP contribution in [0.2, 0.25) is 0 Å². The second-order valence-electron chi connectivity index (χ2n) is 7.32. The molecule has 130 valence electrons. The van der Waals surface area contributed by atoms with E-state index in [4.69, 9.17) is 0 Å². The molecule has 2 aliphatic rings. The first kappa shape index (κ1) is 17.3. The molecule has 0 saturated carbocycles. The number of aryl methyl sites for hydroxylation is 1. The van der Waals surface area contributed by atoms with Gasteiger partial charge in [0.2, 0.25) is 5.91 Å². The van der Waals surface area contributed by atoms with Crippen LogP contribution in [-0.2, 0) is 10.2 Å². The van der Waals surface area contributed by atoms with Gasteiger partial charge in [0, 0.05) is 31.4 Å². The predicted molar refractivity (Wildman–Crippen MR) is 102 cm³/mol. The van der Waals surface area contributed by atoms with Crippen LogP contribution in [0.15, 0.2) is 29.3 Å². The highest BCUT2D eigenvalue weighted by atomic mass is 32.2. The monoisotopic (exact) mass is 345 g/mol. The number of nitrogens with zero attached hydrogens (tertiary/aromatic N) is 3. The van der Waals surface area contributed by atoms with Crippen LogP contribution in [0.4, 0.5) is 0 Å². The molecule has 1 saturated heterocycles. The van der Waals surface area contributed by atoms with Crippen molar-refractivity contribution in [2.24, 2.45) is 4.99 Å². The number of piperazine rings is 1. The minimum absolute atomic E-state index is 0.223. The maximum absolute atomic E-state index is 13.1. The second-order valence-corrected chi connectivity index (χ2v) is 8.73. The molecule has 1 fully saturated rings. The lowest BCUT2D eigenvalue weighted by atomic mass is 9.82. The molecule has 0 aliphatic carbocycles. The number of carbonyl (C=O) groups is 1. The van der Waals surface area contributed by atoms with Gasteiger partial charge in [-0.15, -0.1) is 0 Å². The third-order valence-electron chi connectivity index (χ3n) is 4.94. The summed E-state index contributed by atoms with van der Waals surface area (Å²) >= 11 is 1.86. The molecule has 4 nitrogen and oxygen atoms in total. The van der Waals surface area contributed by atoms with E-state index in [0.717, 1.165) is 43.5 Å². The molecule has 1 unspecified atom stereocenters. The van der Waals surface area contributed by atoms with Crippen molar-refractivity contribution in [1.29, 1.82) is 0 Å². The lowest BCUT2D eigenvalue weighted by Gasteiger charge is -2.39. The van der Waals surface area contributed by atoms with Gasteiger partial charge in [0.25, 0.3) is 0 Å². The Kier molecular flexibility index (Phi) is 4.90. The Balaban J connectivity index is 1.63. The summed E-state index contributed by atoms with van der Waals surface area (Å²) in [5.41, 5.74) is 1.83. The minimum atomic E-state index is -0.482. The zero-order valence-corrected chi connectivity index (χ0v) is 15.9. The van der Waals surface area contributed by atoms with E-state index in [1.165, 1.54) is 5.56 Å². The van der Waals surface area contributed by atoms with Gasteiger partial charge < -0.3 is 9.80 Å². The van der Waals surface area contributed by atoms with E-state index >= 15 is 0 Å². The normalized spacial score (nSPS) is 21.8. The van der Waals surface area contributed by atoms with E-state index < -0.39 is 5.41 Å². The average molecular weight is 346 g/mol. The Hall–Kier alpha value is -1.49. The van der Waals surface area contributed by atoms with Crippen LogP contribution in [0, 0.1) is 6.92 Å². The van der Waals surface area contributed by atoms with Gasteiger partial charge in [-0.1, -0.05) is 48.5 Å². The van der Waals surface area contributed by atoms with Gasteiger partial charge in [0.05, 0.1) is 12.0 Å². The molecule has 2 aliphatic heterocycles. The van der Waals surface area contributed by atoms with Crippen LogP contribution in [0.5, 0.6) is 0 Å². The summed E-state index contributed by atoms with van der Waals surface area (Å²) in [4.78, 5) is 22.0. The number of carbonyl (C=O) groups excluding carboxylic acids is 1. The van der Waals surface area contributed by atoms with Crippen LogP contribution in [0.1, 0.15) is 31.9 Å². The van der Waals surface area contributed by atoms with Crippen LogP contribution < -0.4 is 0 Å². The van der Waals surface area contributed by atoms with Gasteiger partial charge in [-0.05, 0) is 26.3 Å². The molecule has 5 heteroatoms. The first-order chi connectivity index (χ1) is 11.4. The van der Waals surface area contributed by atoms with Gasteiger partial charge in [-0.2, -0.15) is 0 Å². The van der Waals surface area contributed by atoms with E-state index in [2.05, 4.69) is 48.0 Å². The number of rotatable bonds is 2. The number of aliphatic imine (C=N–C) groups is 1. The molecular formula is C19H27N3OS. The lowest BCUT2D eigenvalue weighted by Crippen LogP contribution is -2.53. The topological polar surface area (TPSA) is 35.9 Å². The third kappa shape index (κ3) is 3.46. The van der Waals surface area contributed by atoms with E-state index in [1.807, 2.05) is 30.5 Å². The Labute approximate surface area is 149 Å². The number of thioether (sulfide) groups is 1. The molecular weight excluding hydrogens is 318 g/mol. The Bertz CT molecular complexity index is 631. The minimum Gasteiger partial charge on any atom is -0.348 e. The maximum Gasteiger partial charge on any atom is 0.232 e. The highest BCUT2D eigenvalue weighted by molar-refractivity contribution is 8.14. The second kappa shape index (κ2) is 6.79. The summed E-state index contributed by atoms with van der Waals surface area (Å²) in [6.45, 7) is 12.6. The van der Waals surface area contributed by atoms with Gasteiger partial charge in [0.1, 0.15) is 0 Å². The smallest absolute Gasteiger partial charge is 0.232 e. The molecule has 0 bridgehead atoms. The van der Waals surface area contributed by atoms with Crippen LogP contribution in [-0.4, -0.2) is 58.8 Å². The number of amidine groups is 1. The van der Waals surface area contributed by atoms with Crippen molar-refractivity contribution in [3.8, 4) is 0 Å². The fourth-order valence-electron chi connectivity index (χ4n) is 3.23. The Morgan fingerprint density at radius 1 is 1.17 bits per heavy atom. The van der Waals surface area contributed by atoms with E-state index in [1.54, 1.807) is 0 Å². The van der Waals surface area contributed by atoms with E-state index in [-0.39, 0.29) is 5.91 Å². The molecule has 1 aromatic carbocycles. The summed E-state index contributed by atoms with van der Waals surface area (Å²) < 4.78 is 0. The number of amides is 1. The highest BCUT2D eigenvalue weighted by Crippen LogP contribution is 2.28. The molecule has 24 heavy (non-hydrogen) atoms. The Morgan fingerprint density at radius 3 is 2.33 bits per heavy atom. The van der Waals surface area contributed by atoms with Crippen LogP contribution in [0.3, 0.4) is 0 Å². The maximum atomic E-state index is 13.1. The number of benzene rings is 1. The zero-order valence-electron chi connectivity index (χ0n) is 15.1. The molecule has 1 atom stereocenters. The van der Waals surface area contributed by atoms with Crippen molar-refractivity contribution in [3.63, 3.8) is 0 Å². The largest absolute Gasteiger partial charge is 0.348 e. The first-order valence-corrected chi connectivity index (χ1v) is 9.58. The molecule has 0 aromatic heterocycles. The molecule has 2 heterocycles. The molecule has 1 amide bonds. The van der Waals surface area contributed by atoms with Crippen molar-refractivity contribution in [2.45, 2.75) is 38.4 Å². The van der Waals surface area contributed by atoms with Crippen molar-refractivity contribution in [1.82, 2.24) is 9.80 Å². The van der Waals surface area contributed by atoms with Crippen molar-refractivity contribution >= 4 is 22.8 Å². The fraction of sp³-hybridized carbons (Fsp3) is 0.579. The van der Waals surface area contributed by atoms with Crippen LogP contribution in [0.25, 0.3) is 0 Å².